The highest BCUT2D eigenvalue weighted by atomic mass is 32.2. The third kappa shape index (κ3) is 2.17. The molecule has 0 aromatic rings. The highest BCUT2D eigenvalue weighted by Crippen LogP contribution is 2.28. The molecule has 0 bridgehead atoms. The second-order valence-corrected chi connectivity index (χ2v) is 3.61. The number of rotatable bonds is 3. The summed E-state index contributed by atoms with van der Waals surface area (Å²) < 4.78 is 5.27. The van der Waals surface area contributed by atoms with E-state index >= 15 is 0 Å². The van der Waals surface area contributed by atoms with Crippen molar-refractivity contribution in [3.63, 3.8) is 0 Å². The van der Waals surface area contributed by atoms with E-state index < -0.39 is 5.97 Å². The first-order chi connectivity index (χ1) is 5.75. The van der Waals surface area contributed by atoms with Crippen molar-refractivity contribution in [2.24, 2.45) is 0 Å². The SMILES string of the molecule is CCCC1=C(C(=O)O)SCCO1. The number of hydrogen-bond donors (Lipinski definition) is 1. The van der Waals surface area contributed by atoms with Gasteiger partial charge in [0.05, 0.1) is 6.61 Å². The van der Waals surface area contributed by atoms with Crippen molar-refractivity contribution in [1.82, 2.24) is 0 Å². The Morgan fingerprint density at radius 3 is 3.08 bits per heavy atom. The van der Waals surface area contributed by atoms with Crippen LogP contribution in [0.25, 0.3) is 0 Å². The van der Waals surface area contributed by atoms with Crippen LogP contribution < -0.4 is 0 Å². The monoisotopic (exact) mass is 188 g/mol. The van der Waals surface area contributed by atoms with E-state index in [-0.39, 0.29) is 0 Å². The maximum atomic E-state index is 10.7. The number of hydrogen-bond acceptors (Lipinski definition) is 3. The molecule has 1 N–H and O–H groups in total. The van der Waals surface area contributed by atoms with Crippen molar-refractivity contribution in [2.75, 3.05) is 12.4 Å². The molecular formula is C8H12O3S. The van der Waals surface area contributed by atoms with Crippen LogP contribution in [-0.4, -0.2) is 23.4 Å². The average Bonchev–Trinajstić information content (AvgIpc) is 2.05. The van der Waals surface area contributed by atoms with E-state index in [2.05, 4.69) is 0 Å². The first-order valence-electron chi connectivity index (χ1n) is 3.97. The van der Waals surface area contributed by atoms with Gasteiger partial charge in [0.25, 0.3) is 0 Å². The van der Waals surface area contributed by atoms with Crippen molar-refractivity contribution in [3.05, 3.63) is 10.7 Å². The third-order valence-electron chi connectivity index (χ3n) is 1.53. The summed E-state index contributed by atoms with van der Waals surface area (Å²) in [4.78, 5) is 11.1. The number of carboxylic acids is 1. The van der Waals surface area contributed by atoms with Gasteiger partial charge in [0, 0.05) is 12.2 Å². The van der Waals surface area contributed by atoms with Gasteiger partial charge >= 0.3 is 5.97 Å². The van der Waals surface area contributed by atoms with Gasteiger partial charge < -0.3 is 9.84 Å². The summed E-state index contributed by atoms with van der Waals surface area (Å²) in [6, 6.07) is 0. The zero-order valence-electron chi connectivity index (χ0n) is 7.00. The Hall–Kier alpha value is -0.640. The fourth-order valence-electron chi connectivity index (χ4n) is 1.05. The van der Waals surface area contributed by atoms with Crippen LogP contribution in [0.5, 0.6) is 0 Å². The lowest BCUT2D eigenvalue weighted by molar-refractivity contribution is -0.132. The van der Waals surface area contributed by atoms with Crippen LogP contribution in [-0.2, 0) is 9.53 Å². The maximum absolute atomic E-state index is 10.7. The molecular weight excluding hydrogens is 176 g/mol. The number of allylic oxidation sites excluding steroid dienone is 1. The Morgan fingerprint density at radius 2 is 2.50 bits per heavy atom. The maximum Gasteiger partial charge on any atom is 0.345 e. The second kappa shape index (κ2) is 4.40. The Kier molecular flexibility index (Phi) is 3.47. The molecule has 0 atom stereocenters. The summed E-state index contributed by atoms with van der Waals surface area (Å²) in [5, 5.41) is 8.78. The highest BCUT2D eigenvalue weighted by Gasteiger charge is 2.19. The minimum Gasteiger partial charge on any atom is -0.496 e. The van der Waals surface area contributed by atoms with Gasteiger partial charge in [0.2, 0.25) is 0 Å². The summed E-state index contributed by atoms with van der Waals surface area (Å²) in [5.41, 5.74) is 0. The molecule has 0 fully saturated rings. The van der Waals surface area contributed by atoms with Gasteiger partial charge in [0.15, 0.2) is 0 Å². The second-order valence-electron chi connectivity index (χ2n) is 2.50. The summed E-state index contributed by atoms with van der Waals surface area (Å²) in [6.45, 7) is 2.64. The molecule has 0 radical (unpaired) electrons. The van der Waals surface area contributed by atoms with Gasteiger partial charge in [0.1, 0.15) is 10.7 Å². The quantitative estimate of drug-likeness (QED) is 0.734. The minimum absolute atomic E-state index is 0.392. The lowest BCUT2D eigenvalue weighted by Crippen LogP contribution is -2.12. The number of carboxylic acid groups (broad SMARTS) is 1. The number of ether oxygens (including phenoxy) is 1. The predicted molar refractivity (Wildman–Crippen MR) is 48.0 cm³/mol. The molecule has 1 rings (SSSR count). The summed E-state index contributed by atoms with van der Waals surface area (Å²) in [7, 11) is 0. The zero-order chi connectivity index (χ0) is 8.97. The van der Waals surface area contributed by atoms with Crippen LogP contribution in [0.2, 0.25) is 0 Å². The van der Waals surface area contributed by atoms with Crippen molar-refractivity contribution >= 4 is 17.7 Å². The van der Waals surface area contributed by atoms with Gasteiger partial charge in [-0.2, -0.15) is 0 Å². The van der Waals surface area contributed by atoms with E-state index in [0.29, 0.717) is 17.3 Å². The van der Waals surface area contributed by atoms with Crippen molar-refractivity contribution in [2.45, 2.75) is 19.8 Å². The molecule has 1 heterocycles. The predicted octanol–water partition coefficient (Wildman–Crippen LogP) is 1.85. The Labute approximate surface area is 75.8 Å². The van der Waals surface area contributed by atoms with Gasteiger partial charge in [-0.25, -0.2) is 4.79 Å². The van der Waals surface area contributed by atoms with Gasteiger partial charge in [-0.1, -0.05) is 6.92 Å². The molecule has 68 valence electrons. The van der Waals surface area contributed by atoms with Crippen molar-refractivity contribution in [3.8, 4) is 0 Å². The van der Waals surface area contributed by atoms with E-state index in [4.69, 9.17) is 9.84 Å². The lowest BCUT2D eigenvalue weighted by atomic mass is 10.2. The minimum atomic E-state index is -0.858. The molecule has 0 aliphatic carbocycles. The highest BCUT2D eigenvalue weighted by molar-refractivity contribution is 8.04. The molecule has 0 amide bonds. The molecule has 1 aliphatic rings. The van der Waals surface area contributed by atoms with Crippen molar-refractivity contribution < 1.29 is 14.6 Å². The van der Waals surface area contributed by atoms with E-state index in [1.54, 1.807) is 0 Å². The first kappa shape index (κ1) is 9.45. The molecule has 1 aliphatic heterocycles. The van der Waals surface area contributed by atoms with Crippen molar-refractivity contribution in [1.29, 1.82) is 0 Å². The summed E-state index contributed by atoms with van der Waals surface area (Å²) >= 11 is 1.37. The van der Waals surface area contributed by atoms with E-state index in [9.17, 15) is 4.79 Å². The van der Waals surface area contributed by atoms with Crippen LogP contribution in [0.4, 0.5) is 0 Å². The normalized spacial score (nSPS) is 17.4. The molecule has 0 spiro atoms. The Morgan fingerprint density at radius 1 is 1.75 bits per heavy atom. The van der Waals surface area contributed by atoms with E-state index in [1.807, 2.05) is 6.92 Å². The molecule has 0 aromatic heterocycles. The Balaban J connectivity index is 2.75. The van der Waals surface area contributed by atoms with Gasteiger partial charge in [-0.3, -0.25) is 0 Å². The number of aliphatic carboxylic acids is 1. The zero-order valence-corrected chi connectivity index (χ0v) is 7.82. The first-order valence-corrected chi connectivity index (χ1v) is 4.96. The largest absolute Gasteiger partial charge is 0.496 e. The van der Waals surface area contributed by atoms with E-state index in [0.717, 1.165) is 18.6 Å². The number of carbonyl (C=O) groups is 1. The van der Waals surface area contributed by atoms with E-state index in [1.165, 1.54) is 11.8 Å². The van der Waals surface area contributed by atoms with Gasteiger partial charge in [-0.05, 0) is 6.42 Å². The third-order valence-corrected chi connectivity index (χ3v) is 2.59. The fraction of sp³-hybridized carbons (Fsp3) is 0.625. The molecule has 3 nitrogen and oxygen atoms in total. The molecule has 0 saturated carbocycles. The topological polar surface area (TPSA) is 46.5 Å². The Bertz CT molecular complexity index is 210. The smallest absolute Gasteiger partial charge is 0.345 e. The van der Waals surface area contributed by atoms with Crippen LogP contribution in [0.3, 0.4) is 0 Å². The summed E-state index contributed by atoms with van der Waals surface area (Å²) in [6.07, 6.45) is 1.65. The van der Waals surface area contributed by atoms with Crippen LogP contribution in [0.15, 0.2) is 10.7 Å². The average molecular weight is 188 g/mol. The number of thioether (sulfide) groups is 1. The van der Waals surface area contributed by atoms with Crippen LogP contribution >= 0.6 is 11.8 Å². The summed E-state index contributed by atoms with van der Waals surface area (Å²) in [5.74, 6) is 0.541. The van der Waals surface area contributed by atoms with Crippen LogP contribution in [0.1, 0.15) is 19.8 Å². The molecule has 12 heavy (non-hydrogen) atoms. The molecule has 0 aromatic carbocycles. The van der Waals surface area contributed by atoms with Crippen LogP contribution in [0, 0.1) is 0 Å². The lowest BCUT2D eigenvalue weighted by Gasteiger charge is -2.17. The standard InChI is InChI=1S/C8H12O3S/c1-2-3-6-7(8(9)10)12-5-4-11-6/h2-5H2,1H3,(H,9,10). The molecule has 0 saturated heterocycles. The molecule has 0 unspecified atom stereocenters. The van der Waals surface area contributed by atoms with Gasteiger partial charge in [-0.15, -0.1) is 11.8 Å². The molecule has 4 heteroatoms. The fourth-order valence-corrected chi connectivity index (χ4v) is 1.86.